The number of Topliss-reactive ketones (excluding diaryl/α,β-unsaturated/α-hetero) is 1. The molecule has 0 spiro atoms. The SMILES string of the molecule is NC(=O)C1NCC2C1COC2[C@H](C[C@H]1CCNC1=O)C(=O)COC(F)(F)F. The molecule has 27 heavy (non-hydrogen) atoms. The van der Waals surface area contributed by atoms with Crippen molar-refractivity contribution in [1.29, 1.82) is 0 Å². The smallest absolute Gasteiger partial charge is 0.377 e. The number of halogens is 3. The number of carbonyl (C=O) groups excluding carboxylic acids is 3. The summed E-state index contributed by atoms with van der Waals surface area (Å²) in [4.78, 5) is 35.9. The predicted octanol–water partition coefficient (Wildman–Crippen LogP) is -0.677. The quantitative estimate of drug-likeness (QED) is 0.527. The Morgan fingerprint density at radius 2 is 2.07 bits per heavy atom. The van der Waals surface area contributed by atoms with Crippen molar-refractivity contribution < 1.29 is 37.0 Å². The highest BCUT2D eigenvalue weighted by atomic mass is 19.4. The van der Waals surface area contributed by atoms with Crippen LogP contribution in [0.3, 0.4) is 0 Å². The van der Waals surface area contributed by atoms with E-state index in [4.69, 9.17) is 10.5 Å². The average Bonchev–Trinajstić information content (AvgIpc) is 3.26. The number of nitrogens with one attached hydrogen (secondary N) is 2. The molecule has 3 aliphatic heterocycles. The lowest BCUT2D eigenvalue weighted by Gasteiger charge is -2.27. The summed E-state index contributed by atoms with van der Waals surface area (Å²) in [5.74, 6) is -3.40. The number of hydrogen-bond donors (Lipinski definition) is 3. The highest BCUT2D eigenvalue weighted by Crippen LogP contribution is 2.40. The molecule has 6 atom stereocenters. The van der Waals surface area contributed by atoms with Gasteiger partial charge in [-0.15, -0.1) is 13.2 Å². The number of hydrogen-bond acceptors (Lipinski definition) is 6. The summed E-state index contributed by atoms with van der Waals surface area (Å²) in [6.45, 7) is -0.126. The van der Waals surface area contributed by atoms with Crippen LogP contribution in [-0.4, -0.2) is 62.4 Å². The predicted molar refractivity (Wildman–Crippen MR) is 83.9 cm³/mol. The Kier molecular flexibility index (Phi) is 5.73. The summed E-state index contributed by atoms with van der Waals surface area (Å²) >= 11 is 0. The first kappa shape index (κ1) is 20.0. The molecule has 0 aromatic rings. The van der Waals surface area contributed by atoms with E-state index < -0.39 is 48.6 Å². The number of carbonyl (C=O) groups is 3. The topological polar surface area (TPSA) is 120 Å². The molecule has 3 aliphatic rings. The minimum atomic E-state index is -4.92. The third kappa shape index (κ3) is 4.41. The molecule has 8 nitrogen and oxygen atoms in total. The Morgan fingerprint density at radius 1 is 1.33 bits per heavy atom. The van der Waals surface area contributed by atoms with Gasteiger partial charge in [-0.3, -0.25) is 19.1 Å². The summed E-state index contributed by atoms with van der Waals surface area (Å²) in [7, 11) is 0. The van der Waals surface area contributed by atoms with Crippen LogP contribution in [0.5, 0.6) is 0 Å². The van der Waals surface area contributed by atoms with Crippen LogP contribution in [0.1, 0.15) is 12.8 Å². The van der Waals surface area contributed by atoms with Crippen molar-refractivity contribution in [1.82, 2.24) is 10.6 Å². The molecule has 2 amide bonds. The minimum absolute atomic E-state index is 0.0843. The lowest BCUT2D eigenvalue weighted by atomic mass is 9.78. The monoisotopic (exact) mass is 393 g/mol. The summed E-state index contributed by atoms with van der Waals surface area (Å²) in [5, 5.41) is 5.64. The molecule has 0 bridgehead atoms. The number of amides is 2. The fraction of sp³-hybridized carbons (Fsp3) is 0.812. The van der Waals surface area contributed by atoms with Crippen LogP contribution in [0.4, 0.5) is 13.2 Å². The van der Waals surface area contributed by atoms with Gasteiger partial charge in [0.1, 0.15) is 6.61 Å². The van der Waals surface area contributed by atoms with Gasteiger partial charge in [-0.1, -0.05) is 0 Å². The van der Waals surface area contributed by atoms with Gasteiger partial charge in [-0.05, 0) is 12.8 Å². The Labute approximate surface area is 153 Å². The number of fused-ring (bicyclic) bond motifs is 1. The van der Waals surface area contributed by atoms with E-state index in [0.717, 1.165) is 0 Å². The van der Waals surface area contributed by atoms with Crippen LogP contribution in [0.15, 0.2) is 0 Å². The molecule has 3 saturated heterocycles. The molecule has 152 valence electrons. The maximum atomic E-state index is 12.5. The summed E-state index contributed by atoms with van der Waals surface area (Å²) < 4.78 is 46.5. The number of rotatable bonds is 7. The molecule has 11 heteroatoms. The largest absolute Gasteiger partial charge is 0.522 e. The maximum Gasteiger partial charge on any atom is 0.522 e. The normalized spacial score (nSPS) is 34.3. The molecule has 3 fully saturated rings. The molecular formula is C16H22F3N3O5. The molecule has 4 N–H and O–H groups in total. The van der Waals surface area contributed by atoms with Crippen LogP contribution in [-0.2, 0) is 23.9 Å². The molecule has 0 aromatic carbocycles. The Hall–Kier alpha value is -1.72. The first-order valence-corrected chi connectivity index (χ1v) is 8.83. The van der Waals surface area contributed by atoms with E-state index in [-0.39, 0.29) is 30.8 Å². The number of nitrogens with two attached hydrogens (primary N) is 1. The maximum absolute atomic E-state index is 12.5. The van der Waals surface area contributed by atoms with E-state index in [1.807, 2.05) is 0 Å². The fourth-order valence-corrected chi connectivity index (χ4v) is 4.35. The second-order valence-corrected chi connectivity index (χ2v) is 7.23. The van der Waals surface area contributed by atoms with Gasteiger partial charge in [0.25, 0.3) is 0 Å². The van der Waals surface area contributed by atoms with E-state index in [9.17, 15) is 27.6 Å². The van der Waals surface area contributed by atoms with Crippen molar-refractivity contribution in [2.24, 2.45) is 29.4 Å². The standard InChI is InChI=1S/C16H22F3N3O5/c17-16(18,19)27-6-11(23)8(3-7-1-2-21-15(7)25)13-9-4-22-12(14(20)24)10(9)5-26-13/h7-10,12-13,22H,1-6H2,(H2,20,24)(H,21,25)/t7-,8-,9?,10?,12?,13?/m1/s1. The third-order valence-corrected chi connectivity index (χ3v) is 5.65. The lowest BCUT2D eigenvalue weighted by Crippen LogP contribution is -2.41. The van der Waals surface area contributed by atoms with E-state index in [0.29, 0.717) is 19.5 Å². The molecule has 3 heterocycles. The fourth-order valence-electron chi connectivity index (χ4n) is 4.35. The van der Waals surface area contributed by atoms with Gasteiger partial charge in [0.05, 0.1) is 18.8 Å². The second kappa shape index (κ2) is 7.72. The van der Waals surface area contributed by atoms with Crippen molar-refractivity contribution >= 4 is 17.6 Å². The number of ether oxygens (including phenoxy) is 2. The van der Waals surface area contributed by atoms with Crippen molar-refractivity contribution in [2.45, 2.75) is 31.3 Å². The van der Waals surface area contributed by atoms with Crippen molar-refractivity contribution in [3.63, 3.8) is 0 Å². The van der Waals surface area contributed by atoms with Gasteiger partial charge >= 0.3 is 6.36 Å². The molecule has 0 aromatic heterocycles. The van der Waals surface area contributed by atoms with Gasteiger partial charge in [-0.25, -0.2) is 0 Å². The number of ketones is 1. The Morgan fingerprint density at radius 3 is 2.67 bits per heavy atom. The Balaban J connectivity index is 1.74. The second-order valence-electron chi connectivity index (χ2n) is 7.23. The first-order chi connectivity index (χ1) is 12.7. The summed E-state index contributed by atoms with van der Waals surface area (Å²) in [5.41, 5.74) is 5.36. The van der Waals surface area contributed by atoms with E-state index in [1.165, 1.54) is 0 Å². The summed E-state index contributed by atoms with van der Waals surface area (Å²) in [6, 6.07) is -0.600. The van der Waals surface area contributed by atoms with Crippen molar-refractivity contribution in [3.8, 4) is 0 Å². The van der Waals surface area contributed by atoms with Gasteiger partial charge in [0.15, 0.2) is 5.78 Å². The molecule has 0 saturated carbocycles. The molecular weight excluding hydrogens is 371 g/mol. The van der Waals surface area contributed by atoms with E-state index in [1.54, 1.807) is 0 Å². The Bertz CT molecular complexity index is 615. The minimum Gasteiger partial charge on any atom is -0.377 e. The molecule has 0 radical (unpaired) electrons. The van der Waals surface area contributed by atoms with E-state index in [2.05, 4.69) is 15.4 Å². The van der Waals surface area contributed by atoms with Gasteiger partial charge in [-0.2, -0.15) is 0 Å². The van der Waals surface area contributed by atoms with Gasteiger partial charge < -0.3 is 21.1 Å². The van der Waals surface area contributed by atoms with Crippen LogP contribution >= 0.6 is 0 Å². The molecule has 0 aliphatic carbocycles. The van der Waals surface area contributed by atoms with Crippen molar-refractivity contribution in [3.05, 3.63) is 0 Å². The van der Waals surface area contributed by atoms with E-state index >= 15 is 0 Å². The van der Waals surface area contributed by atoms with Gasteiger partial charge in [0, 0.05) is 36.8 Å². The first-order valence-electron chi connectivity index (χ1n) is 8.83. The highest BCUT2D eigenvalue weighted by molar-refractivity contribution is 5.85. The van der Waals surface area contributed by atoms with Crippen LogP contribution in [0.2, 0.25) is 0 Å². The summed E-state index contributed by atoms with van der Waals surface area (Å²) in [6.07, 6.45) is -5.02. The molecule has 4 unspecified atom stereocenters. The van der Waals surface area contributed by atoms with Crippen LogP contribution in [0.25, 0.3) is 0 Å². The zero-order chi connectivity index (χ0) is 19.8. The highest BCUT2D eigenvalue weighted by Gasteiger charge is 2.52. The number of primary amides is 1. The van der Waals surface area contributed by atoms with Crippen LogP contribution < -0.4 is 16.4 Å². The van der Waals surface area contributed by atoms with Crippen molar-refractivity contribution in [2.75, 3.05) is 26.3 Å². The third-order valence-electron chi connectivity index (χ3n) is 5.65. The number of alkyl halides is 3. The van der Waals surface area contributed by atoms with Crippen LogP contribution in [0, 0.1) is 23.7 Å². The zero-order valence-corrected chi connectivity index (χ0v) is 14.5. The zero-order valence-electron chi connectivity index (χ0n) is 14.5. The molecule has 3 rings (SSSR count). The van der Waals surface area contributed by atoms with Gasteiger partial charge in [0.2, 0.25) is 11.8 Å². The lowest BCUT2D eigenvalue weighted by molar-refractivity contribution is -0.321. The average molecular weight is 393 g/mol.